The van der Waals surface area contributed by atoms with Gasteiger partial charge in [0, 0.05) is 5.02 Å². The molecule has 1 aromatic carbocycles. The van der Waals surface area contributed by atoms with E-state index in [1.165, 1.54) is 0 Å². The second-order valence-corrected chi connectivity index (χ2v) is 3.22. The number of rotatable bonds is 4. The zero-order valence-electron chi connectivity index (χ0n) is 8.81. The molecule has 0 heterocycles. The Balaban J connectivity index is 2.53. The normalized spacial score (nSPS) is 10.7. The first-order chi connectivity index (χ1) is 7.76. The lowest BCUT2D eigenvalue weighted by Crippen LogP contribution is -2.15. The summed E-state index contributed by atoms with van der Waals surface area (Å²) in [7, 11) is 0. The van der Waals surface area contributed by atoms with E-state index >= 15 is 0 Å². The van der Waals surface area contributed by atoms with E-state index in [0.717, 1.165) is 0 Å². The second-order valence-electron chi connectivity index (χ2n) is 2.78. The molecule has 0 aliphatic heterocycles. The average Bonchev–Trinajstić information content (AvgIpc) is 2.29. The molecule has 0 atom stereocenters. The minimum atomic E-state index is 0.128. The van der Waals surface area contributed by atoms with E-state index in [0.29, 0.717) is 17.4 Å². The zero-order valence-corrected chi connectivity index (χ0v) is 9.57. The molecule has 84 valence electrons. The van der Waals surface area contributed by atoms with Gasteiger partial charge in [0.05, 0.1) is 6.61 Å². The first kappa shape index (κ1) is 12.3. The van der Waals surface area contributed by atoms with Gasteiger partial charge in [0.15, 0.2) is 6.61 Å². The van der Waals surface area contributed by atoms with Crippen LogP contribution in [0.2, 0.25) is 5.02 Å². The van der Waals surface area contributed by atoms with Crippen molar-refractivity contribution in [1.29, 1.82) is 5.26 Å². The molecule has 1 rings (SSSR count). The molecule has 4 nitrogen and oxygen atoms in total. The highest BCUT2D eigenvalue weighted by molar-refractivity contribution is 6.30. The lowest BCUT2D eigenvalue weighted by Gasteiger charge is -2.07. The van der Waals surface area contributed by atoms with Crippen LogP contribution in [-0.4, -0.2) is 19.1 Å². The first-order valence-corrected chi connectivity index (χ1v) is 5.11. The third-order valence-electron chi connectivity index (χ3n) is 1.66. The molecular formula is C11H11ClN2O2. The van der Waals surface area contributed by atoms with Gasteiger partial charge in [-0.2, -0.15) is 5.26 Å². The third-order valence-corrected chi connectivity index (χ3v) is 1.91. The molecule has 0 radical (unpaired) electrons. The summed E-state index contributed by atoms with van der Waals surface area (Å²) < 4.78 is 10.5. The number of hydrogen-bond donors (Lipinski definition) is 0. The molecule has 0 aliphatic rings. The predicted molar refractivity (Wildman–Crippen MR) is 61.6 cm³/mol. The summed E-state index contributed by atoms with van der Waals surface area (Å²) in [5.41, 5.74) is 0. The van der Waals surface area contributed by atoms with Crippen LogP contribution in [0.4, 0.5) is 0 Å². The Morgan fingerprint density at radius 3 is 2.69 bits per heavy atom. The molecule has 0 saturated carbocycles. The van der Waals surface area contributed by atoms with Crippen LogP contribution in [-0.2, 0) is 4.74 Å². The van der Waals surface area contributed by atoms with Crippen LogP contribution < -0.4 is 4.74 Å². The van der Waals surface area contributed by atoms with Gasteiger partial charge in [0.2, 0.25) is 12.1 Å². The van der Waals surface area contributed by atoms with Gasteiger partial charge in [-0.3, -0.25) is 0 Å². The highest BCUT2D eigenvalue weighted by Crippen LogP contribution is 2.15. The van der Waals surface area contributed by atoms with E-state index in [9.17, 15) is 0 Å². The van der Waals surface area contributed by atoms with Gasteiger partial charge >= 0.3 is 0 Å². The van der Waals surface area contributed by atoms with Gasteiger partial charge in [-0.25, -0.2) is 0 Å². The van der Waals surface area contributed by atoms with Crippen molar-refractivity contribution < 1.29 is 9.47 Å². The van der Waals surface area contributed by atoms with Crippen LogP contribution >= 0.6 is 11.6 Å². The molecule has 0 unspecified atom stereocenters. The van der Waals surface area contributed by atoms with Crippen LogP contribution in [0.15, 0.2) is 29.3 Å². The quantitative estimate of drug-likeness (QED) is 0.460. The number of nitriles is 1. The number of benzene rings is 1. The summed E-state index contributed by atoms with van der Waals surface area (Å²) >= 11 is 5.73. The number of ether oxygens (including phenoxy) is 2. The van der Waals surface area contributed by atoms with Crippen molar-refractivity contribution in [3.63, 3.8) is 0 Å². The van der Waals surface area contributed by atoms with Crippen LogP contribution in [0, 0.1) is 11.5 Å². The van der Waals surface area contributed by atoms with Crippen molar-refractivity contribution in [2.24, 2.45) is 4.99 Å². The lowest BCUT2D eigenvalue weighted by atomic mass is 10.3. The molecule has 1 aromatic rings. The van der Waals surface area contributed by atoms with Gasteiger partial charge in [0.25, 0.3) is 0 Å². The molecule has 0 bridgehead atoms. The summed E-state index contributed by atoms with van der Waals surface area (Å²) in [6, 6.07) is 6.91. The number of nitrogens with zero attached hydrogens (tertiary/aromatic N) is 2. The van der Waals surface area contributed by atoms with Crippen molar-refractivity contribution in [2.45, 2.75) is 6.92 Å². The summed E-state index contributed by atoms with van der Waals surface area (Å²) in [5, 5.41) is 9.05. The molecule has 0 fully saturated rings. The fourth-order valence-electron chi connectivity index (χ4n) is 1.00. The van der Waals surface area contributed by atoms with E-state index in [4.69, 9.17) is 26.3 Å². The Bertz CT molecular complexity index is 395. The summed E-state index contributed by atoms with van der Waals surface area (Å²) in [6.07, 6.45) is 1.66. The Kier molecular flexibility index (Phi) is 5.17. The van der Waals surface area contributed by atoms with E-state index in [-0.39, 0.29) is 12.5 Å². The van der Waals surface area contributed by atoms with Crippen molar-refractivity contribution >= 4 is 17.5 Å². The highest BCUT2D eigenvalue weighted by Gasteiger charge is 2.01. The fourth-order valence-corrected chi connectivity index (χ4v) is 1.13. The number of aliphatic imine (C=N–C) groups is 1. The largest absolute Gasteiger partial charge is 0.484 e. The topological polar surface area (TPSA) is 54.6 Å². The first-order valence-electron chi connectivity index (χ1n) is 4.73. The SMILES string of the molecule is CCOC(COc1ccc(Cl)cc1)=NC#N. The second kappa shape index (κ2) is 6.70. The van der Waals surface area contributed by atoms with Crippen molar-refractivity contribution in [1.82, 2.24) is 0 Å². The van der Waals surface area contributed by atoms with E-state index in [2.05, 4.69) is 4.99 Å². The van der Waals surface area contributed by atoms with Gasteiger partial charge in [0.1, 0.15) is 5.75 Å². The molecular weight excluding hydrogens is 228 g/mol. The molecule has 16 heavy (non-hydrogen) atoms. The molecule has 0 amide bonds. The van der Waals surface area contributed by atoms with Gasteiger partial charge in [-0.15, -0.1) is 4.99 Å². The predicted octanol–water partition coefficient (Wildman–Crippen LogP) is 2.63. The lowest BCUT2D eigenvalue weighted by molar-refractivity contribution is 0.276. The Labute approximate surface area is 99.1 Å². The highest BCUT2D eigenvalue weighted by atomic mass is 35.5. The summed E-state index contributed by atoms with van der Waals surface area (Å²) in [5.74, 6) is 0.912. The average molecular weight is 239 g/mol. The minimum absolute atomic E-state index is 0.128. The molecule has 0 saturated heterocycles. The summed E-state index contributed by atoms with van der Waals surface area (Å²) in [4.78, 5) is 3.50. The molecule has 0 aromatic heterocycles. The Hall–Kier alpha value is -1.73. The van der Waals surface area contributed by atoms with E-state index in [1.807, 2.05) is 6.92 Å². The smallest absolute Gasteiger partial charge is 0.237 e. The van der Waals surface area contributed by atoms with Gasteiger partial charge < -0.3 is 9.47 Å². The monoisotopic (exact) mass is 238 g/mol. The fraction of sp³-hybridized carbons (Fsp3) is 0.273. The van der Waals surface area contributed by atoms with Crippen LogP contribution in [0.25, 0.3) is 0 Å². The van der Waals surface area contributed by atoms with Crippen molar-refractivity contribution in [3.8, 4) is 11.9 Å². The van der Waals surface area contributed by atoms with Crippen LogP contribution in [0.3, 0.4) is 0 Å². The van der Waals surface area contributed by atoms with E-state index in [1.54, 1.807) is 30.5 Å². The molecule has 0 N–H and O–H groups in total. The Morgan fingerprint density at radius 1 is 1.44 bits per heavy atom. The maximum atomic E-state index is 8.41. The van der Waals surface area contributed by atoms with Crippen LogP contribution in [0.5, 0.6) is 5.75 Å². The van der Waals surface area contributed by atoms with Crippen molar-refractivity contribution in [2.75, 3.05) is 13.2 Å². The zero-order chi connectivity index (χ0) is 11.8. The number of hydrogen-bond acceptors (Lipinski definition) is 4. The van der Waals surface area contributed by atoms with E-state index < -0.39 is 0 Å². The molecule has 0 spiro atoms. The van der Waals surface area contributed by atoms with Gasteiger partial charge in [-0.05, 0) is 31.2 Å². The number of halogens is 1. The minimum Gasteiger partial charge on any atom is -0.484 e. The summed E-state index contributed by atoms with van der Waals surface area (Å²) in [6.45, 7) is 2.39. The van der Waals surface area contributed by atoms with Crippen LogP contribution in [0.1, 0.15) is 6.92 Å². The van der Waals surface area contributed by atoms with Crippen molar-refractivity contribution in [3.05, 3.63) is 29.3 Å². The van der Waals surface area contributed by atoms with Gasteiger partial charge in [-0.1, -0.05) is 11.6 Å². The maximum Gasteiger partial charge on any atom is 0.237 e. The molecule has 0 aliphatic carbocycles. The molecule has 5 heteroatoms. The Morgan fingerprint density at radius 2 is 2.12 bits per heavy atom. The third kappa shape index (κ3) is 4.20. The standard InChI is InChI=1S/C11H11ClN2O2/c1-2-15-11(14-8-13)7-16-10-5-3-9(12)4-6-10/h3-6H,2,7H2,1H3. The maximum absolute atomic E-state index is 8.41.